The number of hydrogen-bond donors (Lipinski definition) is 6. The second kappa shape index (κ2) is 5.52. The third-order valence-electron chi connectivity index (χ3n) is 3.24. The summed E-state index contributed by atoms with van der Waals surface area (Å²) in [5, 5.41) is 0. The van der Waals surface area contributed by atoms with Crippen molar-refractivity contribution in [1.82, 2.24) is 0 Å². The number of hydrogen-bond acceptors (Lipinski definition) is 8. The Morgan fingerprint density at radius 1 is 0.625 bits per heavy atom. The van der Waals surface area contributed by atoms with Crippen LogP contribution in [-0.4, -0.2) is 25.9 Å². The highest BCUT2D eigenvalue weighted by molar-refractivity contribution is 7.86. The van der Waals surface area contributed by atoms with Gasteiger partial charge in [0.05, 0.1) is 22.7 Å². The second-order valence-electron chi connectivity index (χ2n) is 4.90. The molecule has 2 aromatic rings. The molecule has 0 saturated carbocycles. The van der Waals surface area contributed by atoms with Crippen molar-refractivity contribution < 1.29 is 25.9 Å². The van der Waals surface area contributed by atoms with Crippen molar-refractivity contribution in [3.05, 3.63) is 24.3 Å². The minimum absolute atomic E-state index is 0.0888. The van der Waals surface area contributed by atoms with Crippen LogP contribution in [0.1, 0.15) is 0 Å². The minimum atomic E-state index is -4.67. The van der Waals surface area contributed by atoms with Crippen LogP contribution in [0.4, 0.5) is 22.7 Å². The molecule has 0 unspecified atom stereocenters. The topological polar surface area (TPSA) is 213 Å². The first-order valence-corrected chi connectivity index (χ1v) is 9.03. The zero-order valence-electron chi connectivity index (χ0n) is 12.0. The highest BCUT2D eigenvalue weighted by Gasteiger charge is 2.21. The molecule has 2 rings (SSSR count). The molecule has 10 N–H and O–H groups in total. The van der Waals surface area contributed by atoms with E-state index in [1.165, 1.54) is 12.1 Å². The van der Waals surface area contributed by atoms with Crippen molar-refractivity contribution in [3.63, 3.8) is 0 Å². The Balaban J connectivity index is 2.84. The van der Waals surface area contributed by atoms with E-state index < -0.39 is 30.0 Å². The van der Waals surface area contributed by atoms with Crippen LogP contribution in [0.15, 0.2) is 34.1 Å². The predicted molar refractivity (Wildman–Crippen MR) is 89.2 cm³/mol. The smallest absolute Gasteiger partial charge is 0.296 e. The molecule has 0 spiro atoms. The zero-order valence-corrected chi connectivity index (χ0v) is 13.6. The molecule has 0 heterocycles. The molecular weight excluding hydrogens is 360 g/mol. The lowest BCUT2D eigenvalue weighted by molar-refractivity contribution is 0.481. The van der Waals surface area contributed by atoms with Crippen LogP contribution in [0.25, 0.3) is 11.1 Å². The molecule has 0 atom stereocenters. The quantitative estimate of drug-likeness (QED) is 0.316. The van der Waals surface area contributed by atoms with Crippen molar-refractivity contribution in [2.24, 2.45) is 0 Å². The highest BCUT2D eigenvalue weighted by atomic mass is 32.2. The van der Waals surface area contributed by atoms with E-state index in [-0.39, 0.29) is 33.9 Å². The normalized spacial score (nSPS) is 12.2. The Morgan fingerprint density at radius 2 is 0.917 bits per heavy atom. The molecule has 0 amide bonds. The summed E-state index contributed by atoms with van der Waals surface area (Å²) in [6.45, 7) is 0. The SMILES string of the molecule is Nc1cc(-c2cc(N)c(N)c(S(=O)(=O)O)c2)cc(S(=O)(=O)O)c1N. The van der Waals surface area contributed by atoms with E-state index >= 15 is 0 Å². The lowest BCUT2D eigenvalue weighted by Crippen LogP contribution is -2.08. The zero-order chi connectivity index (χ0) is 18.4. The fourth-order valence-electron chi connectivity index (χ4n) is 2.06. The summed E-state index contributed by atoms with van der Waals surface area (Å²) in [7, 11) is -9.34. The van der Waals surface area contributed by atoms with Crippen LogP contribution in [0.2, 0.25) is 0 Å². The monoisotopic (exact) mass is 374 g/mol. The molecule has 0 saturated heterocycles. The Kier molecular flexibility index (Phi) is 4.10. The van der Waals surface area contributed by atoms with Gasteiger partial charge in [-0.1, -0.05) is 0 Å². The third-order valence-corrected chi connectivity index (χ3v) is 5.02. The van der Waals surface area contributed by atoms with Crippen LogP contribution in [0.5, 0.6) is 0 Å². The molecule has 2 aromatic carbocycles. The first-order valence-electron chi connectivity index (χ1n) is 6.15. The number of anilines is 4. The first-order chi connectivity index (χ1) is 10.8. The van der Waals surface area contributed by atoms with Gasteiger partial charge in [0.25, 0.3) is 20.2 Å². The fraction of sp³-hybridized carbons (Fsp3) is 0. The summed E-state index contributed by atoms with van der Waals surface area (Å²) in [6, 6.07) is 4.48. The summed E-state index contributed by atoms with van der Waals surface area (Å²) in [6.07, 6.45) is 0. The number of nitrogens with two attached hydrogens (primary N) is 4. The van der Waals surface area contributed by atoms with Gasteiger partial charge in [0.1, 0.15) is 9.79 Å². The Hall–Kier alpha value is -2.54. The maximum absolute atomic E-state index is 11.4. The van der Waals surface area contributed by atoms with E-state index in [1.54, 1.807) is 0 Å². The van der Waals surface area contributed by atoms with Crippen LogP contribution in [-0.2, 0) is 20.2 Å². The van der Waals surface area contributed by atoms with Gasteiger partial charge in [-0.3, -0.25) is 9.11 Å². The maximum atomic E-state index is 11.4. The van der Waals surface area contributed by atoms with Gasteiger partial charge in [0, 0.05) is 0 Å². The summed E-state index contributed by atoms with van der Waals surface area (Å²) in [4.78, 5) is -1.30. The number of benzene rings is 2. The van der Waals surface area contributed by atoms with E-state index in [0.29, 0.717) is 0 Å². The molecule has 24 heavy (non-hydrogen) atoms. The van der Waals surface area contributed by atoms with E-state index in [1.807, 2.05) is 0 Å². The van der Waals surface area contributed by atoms with Gasteiger partial charge < -0.3 is 22.9 Å². The summed E-state index contributed by atoms with van der Waals surface area (Å²) < 4.78 is 63.9. The lowest BCUT2D eigenvalue weighted by Gasteiger charge is -2.13. The van der Waals surface area contributed by atoms with Crippen molar-refractivity contribution in [1.29, 1.82) is 0 Å². The maximum Gasteiger partial charge on any atom is 0.296 e. The molecule has 10 nitrogen and oxygen atoms in total. The van der Waals surface area contributed by atoms with Crippen molar-refractivity contribution in [2.45, 2.75) is 9.79 Å². The first kappa shape index (κ1) is 17.8. The van der Waals surface area contributed by atoms with E-state index in [0.717, 1.165) is 12.1 Å². The Morgan fingerprint density at radius 3 is 1.17 bits per heavy atom. The van der Waals surface area contributed by atoms with Gasteiger partial charge in [0.2, 0.25) is 0 Å². The highest BCUT2D eigenvalue weighted by Crippen LogP contribution is 2.36. The molecule has 0 bridgehead atoms. The molecule has 0 aromatic heterocycles. The van der Waals surface area contributed by atoms with Crippen LogP contribution in [0.3, 0.4) is 0 Å². The van der Waals surface area contributed by atoms with Gasteiger partial charge in [-0.05, 0) is 35.4 Å². The summed E-state index contributed by atoms with van der Waals surface area (Å²) in [5.74, 6) is 0. The largest absolute Gasteiger partial charge is 0.397 e. The van der Waals surface area contributed by atoms with Crippen LogP contribution < -0.4 is 22.9 Å². The number of rotatable bonds is 3. The standard InChI is InChI=1S/C12H14N4O6S2/c13-7-1-5(3-9(11(7)15)23(17,18)19)6-2-8(14)12(16)10(4-6)24(20,21)22/h1-4H,13-16H2,(H,17,18,19)(H,20,21,22). The van der Waals surface area contributed by atoms with Crippen molar-refractivity contribution in [3.8, 4) is 11.1 Å². The Labute approximate surface area is 137 Å². The van der Waals surface area contributed by atoms with E-state index in [4.69, 9.17) is 22.9 Å². The van der Waals surface area contributed by atoms with Gasteiger partial charge in [-0.25, -0.2) is 0 Å². The molecule has 0 aliphatic heterocycles. The van der Waals surface area contributed by atoms with Gasteiger partial charge in [-0.2, -0.15) is 16.8 Å². The van der Waals surface area contributed by atoms with E-state index in [2.05, 4.69) is 0 Å². The molecular formula is C12H14N4O6S2. The molecule has 12 heteroatoms. The fourth-order valence-corrected chi connectivity index (χ4v) is 3.40. The number of nitrogen functional groups attached to an aromatic ring is 4. The van der Waals surface area contributed by atoms with Crippen LogP contribution >= 0.6 is 0 Å². The summed E-state index contributed by atoms with van der Waals surface area (Å²) >= 11 is 0. The average Bonchev–Trinajstić information content (AvgIpc) is 2.41. The molecule has 0 aliphatic carbocycles. The summed E-state index contributed by atoms with van der Waals surface area (Å²) in [5.41, 5.74) is 21.4. The van der Waals surface area contributed by atoms with E-state index in [9.17, 15) is 25.9 Å². The molecule has 0 fully saturated rings. The van der Waals surface area contributed by atoms with Gasteiger partial charge >= 0.3 is 0 Å². The predicted octanol–water partition coefficient (Wildman–Crippen LogP) is 0.176. The second-order valence-corrected chi connectivity index (χ2v) is 7.68. The average molecular weight is 374 g/mol. The lowest BCUT2D eigenvalue weighted by atomic mass is 10.0. The minimum Gasteiger partial charge on any atom is -0.397 e. The molecule has 130 valence electrons. The van der Waals surface area contributed by atoms with Gasteiger partial charge in [-0.15, -0.1) is 0 Å². The Bertz CT molecular complexity index is 962. The van der Waals surface area contributed by atoms with Crippen molar-refractivity contribution >= 4 is 43.0 Å². The third kappa shape index (κ3) is 3.21. The molecule has 0 aliphatic rings. The molecule has 0 radical (unpaired) electrons. The van der Waals surface area contributed by atoms with Crippen LogP contribution in [0, 0.1) is 0 Å². The van der Waals surface area contributed by atoms with Gasteiger partial charge in [0.15, 0.2) is 0 Å². The van der Waals surface area contributed by atoms with Crippen molar-refractivity contribution in [2.75, 3.05) is 22.9 Å².